The maximum Gasteiger partial charge on any atom is 0.0153 e. The molecule has 2 rings (SSSR count). The van der Waals surface area contributed by atoms with Crippen LogP contribution in [0.1, 0.15) is 53.4 Å². The molecule has 2 fully saturated rings. The molecule has 1 heterocycles. The lowest BCUT2D eigenvalue weighted by Crippen LogP contribution is -2.59. The van der Waals surface area contributed by atoms with E-state index < -0.39 is 0 Å². The third kappa shape index (κ3) is 1.84. The molecule has 0 aromatic carbocycles. The maximum absolute atomic E-state index is 3.87. The van der Waals surface area contributed by atoms with E-state index in [1.54, 1.807) is 0 Å². The summed E-state index contributed by atoms with van der Waals surface area (Å²) in [5.74, 6) is 2.74. The SMILES string of the molecule is CC1CCC2CC(C)C(C)(C)NC2C1. The van der Waals surface area contributed by atoms with Crippen molar-refractivity contribution in [1.29, 1.82) is 0 Å². The molecule has 0 aromatic heterocycles. The van der Waals surface area contributed by atoms with Gasteiger partial charge in [-0.25, -0.2) is 0 Å². The van der Waals surface area contributed by atoms with Crippen LogP contribution in [0.2, 0.25) is 0 Å². The van der Waals surface area contributed by atoms with E-state index >= 15 is 0 Å². The van der Waals surface area contributed by atoms with E-state index in [0.29, 0.717) is 5.54 Å². The van der Waals surface area contributed by atoms with Crippen molar-refractivity contribution in [3.8, 4) is 0 Å². The van der Waals surface area contributed by atoms with Crippen molar-refractivity contribution in [3.05, 3.63) is 0 Å². The maximum atomic E-state index is 3.87. The second-order valence-electron chi connectivity index (χ2n) is 6.29. The zero-order valence-electron chi connectivity index (χ0n) is 10.1. The summed E-state index contributed by atoms with van der Waals surface area (Å²) in [5, 5.41) is 3.87. The van der Waals surface area contributed by atoms with Crippen LogP contribution in [0.4, 0.5) is 0 Å². The van der Waals surface area contributed by atoms with Gasteiger partial charge < -0.3 is 5.32 Å². The molecule has 1 saturated heterocycles. The second kappa shape index (κ2) is 3.52. The van der Waals surface area contributed by atoms with Gasteiger partial charge in [-0.05, 0) is 50.9 Å². The van der Waals surface area contributed by atoms with Gasteiger partial charge in [-0.15, -0.1) is 0 Å². The summed E-state index contributed by atoms with van der Waals surface area (Å²) in [7, 11) is 0. The molecule has 0 spiro atoms. The molecule has 0 aromatic rings. The van der Waals surface area contributed by atoms with Crippen LogP contribution in [-0.4, -0.2) is 11.6 Å². The first-order chi connectivity index (χ1) is 6.49. The third-order valence-corrected chi connectivity index (χ3v) is 4.70. The van der Waals surface area contributed by atoms with Crippen LogP contribution >= 0.6 is 0 Å². The monoisotopic (exact) mass is 195 g/mol. The fourth-order valence-corrected chi connectivity index (χ4v) is 3.27. The van der Waals surface area contributed by atoms with Crippen LogP contribution in [0, 0.1) is 17.8 Å². The van der Waals surface area contributed by atoms with Crippen LogP contribution < -0.4 is 5.32 Å². The normalized spacial score (nSPS) is 47.1. The average molecular weight is 195 g/mol. The number of fused-ring (bicyclic) bond motifs is 1. The zero-order valence-corrected chi connectivity index (χ0v) is 10.1. The van der Waals surface area contributed by atoms with Gasteiger partial charge in [-0.3, -0.25) is 0 Å². The van der Waals surface area contributed by atoms with Crippen LogP contribution in [0.15, 0.2) is 0 Å². The molecule has 1 aliphatic carbocycles. The number of hydrogen-bond acceptors (Lipinski definition) is 1. The minimum Gasteiger partial charge on any atom is -0.308 e. The van der Waals surface area contributed by atoms with Gasteiger partial charge >= 0.3 is 0 Å². The van der Waals surface area contributed by atoms with Crippen molar-refractivity contribution in [2.45, 2.75) is 65.0 Å². The summed E-state index contributed by atoms with van der Waals surface area (Å²) < 4.78 is 0. The lowest BCUT2D eigenvalue weighted by molar-refractivity contribution is 0.0700. The largest absolute Gasteiger partial charge is 0.308 e. The Kier molecular flexibility index (Phi) is 2.63. The highest BCUT2D eigenvalue weighted by molar-refractivity contribution is 4.98. The topological polar surface area (TPSA) is 12.0 Å². The lowest BCUT2D eigenvalue weighted by Gasteiger charge is -2.49. The van der Waals surface area contributed by atoms with E-state index in [0.717, 1.165) is 23.8 Å². The Morgan fingerprint density at radius 2 is 1.79 bits per heavy atom. The highest BCUT2D eigenvalue weighted by Gasteiger charge is 2.40. The minimum atomic E-state index is 0.359. The summed E-state index contributed by atoms with van der Waals surface area (Å²) >= 11 is 0. The van der Waals surface area contributed by atoms with Gasteiger partial charge in [-0.2, -0.15) is 0 Å². The summed E-state index contributed by atoms with van der Waals surface area (Å²) in [6, 6.07) is 0.810. The van der Waals surface area contributed by atoms with Crippen molar-refractivity contribution in [2.24, 2.45) is 17.8 Å². The Morgan fingerprint density at radius 3 is 2.50 bits per heavy atom. The summed E-state index contributed by atoms with van der Waals surface area (Å²) in [6.45, 7) is 9.55. The zero-order chi connectivity index (χ0) is 10.3. The van der Waals surface area contributed by atoms with Crippen LogP contribution in [0.3, 0.4) is 0 Å². The average Bonchev–Trinajstić information content (AvgIpc) is 2.07. The number of rotatable bonds is 0. The molecule has 14 heavy (non-hydrogen) atoms. The Morgan fingerprint density at radius 1 is 1.07 bits per heavy atom. The van der Waals surface area contributed by atoms with Gasteiger partial charge in [0, 0.05) is 11.6 Å². The first kappa shape index (κ1) is 10.5. The van der Waals surface area contributed by atoms with Crippen molar-refractivity contribution in [3.63, 3.8) is 0 Å². The van der Waals surface area contributed by atoms with Crippen molar-refractivity contribution >= 4 is 0 Å². The number of hydrogen-bond donors (Lipinski definition) is 1. The fourth-order valence-electron chi connectivity index (χ4n) is 3.27. The molecule has 1 aliphatic heterocycles. The van der Waals surface area contributed by atoms with Crippen LogP contribution in [0.25, 0.3) is 0 Å². The molecule has 1 heteroatoms. The molecule has 2 aliphatic rings. The van der Waals surface area contributed by atoms with E-state index in [2.05, 4.69) is 33.0 Å². The van der Waals surface area contributed by atoms with E-state index in [1.807, 2.05) is 0 Å². The predicted octanol–water partition coefficient (Wildman–Crippen LogP) is 3.20. The Bertz CT molecular complexity index is 209. The highest BCUT2D eigenvalue weighted by Crippen LogP contribution is 2.40. The predicted molar refractivity (Wildman–Crippen MR) is 61.3 cm³/mol. The van der Waals surface area contributed by atoms with Gasteiger partial charge in [0.15, 0.2) is 0 Å². The molecule has 1 N–H and O–H groups in total. The van der Waals surface area contributed by atoms with E-state index in [9.17, 15) is 0 Å². The second-order valence-corrected chi connectivity index (χ2v) is 6.29. The number of nitrogens with one attached hydrogen (secondary N) is 1. The first-order valence-corrected chi connectivity index (χ1v) is 6.26. The molecule has 82 valence electrons. The summed E-state index contributed by atoms with van der Waals surface area (Å²) in [6.07, 6.45) is 5.76. The van der Waals surface area contributed by atoms with Gasteiger partial charge in [-0.1, -0.05) is 20.3 Å². The Hall–Kier alpha value is -0.0400. The Balaban J connectivity index is 2.05. The van der Waals surface area contributed by atoms with E-state index in [-0.39, 0.29) is 0 Å². The highest BCUT2D eigenvalue weighted by atomic mass is 15.0. The van der Waals surface area contributed by atoms with Crippen molar-refractivity contribution < 1.29 is 0 Å². The van der Waals surface area contributed by atoms with E-state index in [4.69, 9.17) is 0 Å². The van der Waals surface area contributed by atoms with Crippen LogP contribution in [-0.2, 0) is 0 Å². The lowest BCUT2D eigenvalue weighted by atomic mass is 9.68. The summed E-state index contributed by atoms with van der Waals surface area (Å²) in [5.41, 5.74) is 0.359. The molecular formula is C13H25N. The molecular weight excluding hydrogens is 170 g/mol. The van der Waals surface area contributed by atoms with Crippen molar-refractivity contribution in [2.75, 3.05) is 0 Å². The minimum absolute atomic E-state index is 0.359. The van der Waals surface area contributed by atoms with E-state index in [1.165, 1.54) is 25.7 Å². The van der Waals surface area contributed by atoms with Gasteiger partial charge in [0.25, 0.3) is 0 Å². The molecule has 4 atom stereocenters. The van der Waals surface area contributed by atoms with Crippen molar-refractivity contribution in [1.82, 2.24) is 5.32 Å². The van der Waals surface area contributed by atoms with Gasteiger partial charge in [0.2, 0.25) is 0 Å². The molecule has 1 saturated carbocycles. The number of piperidine rings is 1. The molecule has 0 amide bonds. The molecule has 0 radical (unpaired) electrons. The molecule has 4 unspecified atom stereocenters. The van der Waals surface area contributed by atoms with Crippen LogP contribution in [0.5, 0.6) is 0 Å². The molecule has 0 bridgehead atoms. The standard InChI is InChI=1S/C13H25N/c1-9-5-6-11-8-10(2)13(3,4)14-12(11)7-9/h9-12,14H,5-8H2,1-4H3. The quantitative estimate of drug-likeness (QED) is 0.626. The van der Waals surface area contributed by atoms with Gasteiger partial charge in [0.1, 0.15) is 0 Å². The summed E-state index contributed by atoms with van der Waals surface area (Å²) in [4.78, 5) is 0. The smallest absolute Gasteiger partial charge is 0.0153 e. The Labute approximate surface area is 88.7 Å². The fraction of sp³-hybridized carbons (Fsp3) is 1.00. The molecule has 1 nitrogen and oxygen atoms in total. The third-order valence-electron chi connectivity index (χ3n) is 4.70. The first-order valence-electron chi connectivity index (χ1n) is 6.26. The van der Waals surface area contributed by atoms with Gasteiger partial charge in [0.05, 0.1) is 0 Å².